The lowest BCUT2D eigenvalue weighted by atomic mass is 10.2. The van der Waals surface area contributed by atoms with E-state index < -0.39 is 10.0 Å². The van der Waals surface area contributed by atoms with E-state index in [-0.39, 0.29) is 17.7 Å². The predicted octanol–water partition coefficient (Wildman–Crippen LogP) is 1.66. The zero-order valence-corrected chi connectivity index (χ0v) is 16.6. The number of halogens is 1. The van der Waals surface area contributed by atoms with Gasteiger partial charge in [-0.15, -0.1) is 5.10 Å². The van der Waals surface area contributed by atoms with Crippen molar-refractivity contribution in [3.63, 3.8) is 0 Å². The Balaban J connectivity index is 1.34. The van der Waals surface area contributed by atoms with Gasteiger partial charge in [0.05, 0.1) is 6.26 Å². The van der Waals surface area contributed by atoms with Crippen molar-refractivity contribution >= 4 is 32.8 Å². The van der Waals surface area contributed by atoms with E-state index in [4.69, 9.17) is 0 Å². The zero-order valence-electron chi connectivity index (χ0n) is 15.8. The number of aromatic nitrogens is 3. The van der Waals surface area contributed by atoms with Gasteiger partial charge in [-0.1, -0.05) is 0 Å². The van der Waals surface area contributed by atoms with Crippen molar-refractivity contribution in [2.45, 2.75) is 6.54 Å². The number of piperazine rings is 1. The van der Waals surface area contributed by atoms with Crippen LogP contribution in [0.5, 0.6) is 0 Å². The number of benzene rings is 1. The summed E-state index contributed by atoms with van der Waals surface area (Å²) >= 11 is 0. The monoisotopic (exact) mass is 420 g/mol. The molecule has 1 aromatic carbocycles. The molecule has 3 aromatic rings. The molecule has 2 aromatic heterocycles. The highest BCUT2D eigenvalue weighted by molar-refractivity contribution is 7.92. The van der Waals surface area contributed by atoms with Crippen LogP contribution in [0.3, 0.4) is 0 Å². The molecule has 1 aliphatic heterocycles. The zero-order chi connectivity index (χ0) is 20.6. The second-order valence-electron chi connectivity index (χ2n) is 7.09. The van der Waals surface area contributed by atoms with Crippen LogP contribution in [0.25, 0.3) is 10.9 Å². The Morgan fingerprint density at radius 2 is 1.97 bits per heavy atom. The fraction of sp³-hybridized carbons (Fsp3) is 0.333. The normalized spacial score (nSPS) is 15.7. The quantitative estimate of drug-likeness (QED) is 0.668. The maximum atomic E-state index is 13.3. The average molecular weight is 420 g/mol. The number of amides is 1. The molecule has 0 aliphatic carbocycles. The molecule has 0 radical (unpaired) electrons. The number of hydrogen-bond acceptors (Lipinski definition) is 5. The van der Waals surface area contributed by atoms with Crippen LogP contribution in [-0.4, -0.2) is 71.4 Å². The van der Waals surface area contributed by atoms with Crippen molar-refractivity contribution in [2.75, 3.05) is 37.2 Å². The van der Waals surface area contributed by atoms with E-state index in [0.29, 0.717) is 32.7 Å². The summed E-state index contributed by atoms with van der Waals surface area (Å²) in [4.78, 5) is 19.8. The summed E-state index contributed by atoms with van der Waals surface area (Å²) in [6.45, 7) is 3.11. The second kappa shape index (κ2) is 7.48. The fourth-order valence-corrected chi connectivity index (χ4v) is 3.90. The Morgan fingerprint density at radius 3 is 2.69 bits per heavy atom. The van der Waals surface area contributed by atoms with Crippen molar-refractivity contribution in [3.05, 3.63) is 48.0 Å². The largest absolute Gasteiger partial charge is 0.357 e. The molecular weight excluding hydrogens is 399 g/mol. The van der Waals surface area contributed by atoms with E-state index >= 15 is 0 Å². The Morgan fingerprint density at radius 1 is 1.21 bits per heavy atom. The number of anilines is 1. The third-order valence-electron chi connectivity index (χ3n) is 4.75. The van der Waals surface area contributed by atoms with Crippen molar-refractivity contribution in [1.82, 2.24) is 24.6 Å². The van der Waals surface area contributed by atoms with Gasteiger partial charge in [-0.2, -0.15) is 4.68 Å². The van der Waals surface area contributed by atoms with E-state index in [0.717, 1.165) is 27.5 Å². The van der Waals surface area contributed by atoms with Gasteiger partial charge in [0, 0.05) is 61.6 Å². The molecule has 29 heavy (non-hydrogen) atoms. The Labute approximate surface area is 167 Å². The van der Waals surface area contributed by atoms with Gasteiger partial charge in [0.2, 0.25) is 10.0 Å². The van der Waals surface area contributed by atoms with Gasteiger partial charge in [-0.05, 0) is 24.3 Å². The number of rotatable bonds is 4. The topological polar surface area (TPSA) is 103 Å². The van der Waals surface area contributed by atoms with Gasteiger partial charge in [-0.25, -0.2) is 17.6 Å². The van der Waals surface area contributed by atoms with Gasteiger partial charge >= 0.3 is 6.03 Å². The summed E-state index contributed by atoms with van der Waals surface area (Å²) in [6, 6.07) is 7.74. The summed E-state index contributed by atoms with van der Waals surface area (Å²) in [5.41, 5.74) is 1.89. The van der Waals surface area contributed by atoms with Crippen LogP contribution in [-0.2, 0) is 16.6 Å². The maximum absolute atomic E-state index is 13.3. The van der Waals surface area contributed by atoms with E-state index in [9.17, 15) is 17.6 Å². The first-order chi connectivity index (χ1) is 13.8. The smallest absolute Gasteiger partial charge is 0.344 e. The Hall–Kier alpha value is -2.92. The first kappa shape index (κ1) is 19.4. The highest BCUT2D eigenvalue weighted by Crippen LogP contribution is 2.18. The third kappa shape index (κ3) is 4.57. The molecule has 0 saturated carbocycles. The molecule has 1 amide bonds. The molecule has 3 heterocycles. The lowest BCUT2D eigenvalue weighted by Gasteiger charge is -2.34. The standard InChI is InChI=1S/C18H21FN6O3S/c1-29(27,28)22-17-4-5-25(21-17)18(26)24-8-6-23(7-9-24)12-15-11-13-10-14(19)2-3-16(13)20-15/h2-5,10-11,20H,6-9,12H2,1H3,(H,21,22). The third-order valence-corrected chi connectivity index (χ3v) is 5.33. The number of carbonyl (C=O) groups excluding carboxylic acids is 1. The highest BCUT2D eigenvalue weighted by Gasteiger charge is 2.23. The van der Waals surface area contributed by atoms with Crippen molar-refractivity contribution < 1.29 is 17.6 Å². The molecule has 154 valence electrons. The summed E-state index contributed by atoms with van der Waals surface area (Å²) in [5, 5.41) is 4.81. The summed E-state index contributed by atoms with van der Waals surface area (Å²) in [7, 11) is -3.44. The fourth-order valence-electron chi connectivity index (χ4n) is 3.41. The number of H-pyrrole nitrogens is 1. The molecule has 0 unspecified atom stereocenters. The summed E-state index contributed by atoms with van der Waals surface area (Å²) < 4.78 is 39.2. The summed E-state index contributed by atoms with van der Waals surface area (Å²) in [6.07, 6.45) is 2.46. The highest BCUT2D eigenvalue weighted by atomic mass is 32.2. The number of carbonyl (C=O) groups is 1. The van der Waals surface area contributed by atoms with Gasteiger partial charge in [0.25, 0.3) is 0 Å². The van der Waals surface area contributed by atoms with Crippen LogP contribution in [0.1, 0.15) is 5.69 Å². The Kier molecular flexibility index (Phi) is 5.01. The number of nitrogens with one attached hydrogen (secondary N) is 2. The van der Waals surface area contributed by atoms with Crippen molar-refractivity contribution in [1.29, 1.82) is 0 Å². The molecular formula is C18H21FN6O3S. The maximum Gasteiger partial charge on any atom is 0.344 e. The molecule has 0 atom stereocenters. The average Bonchev–Trinajstić information content (AvgIpc) is 3.26. The molecule has 1 aliphatic rings. The van der Waals surface area contributed by atoms with E-state index in [1.807, 2.05) is 6.07 Å². The van der Waals surface area contributed by atoms with Crippen molar-refractivity contribution in [3.8, 4) is 0 Å². The van der Waals surface area contributed by atoms with Gasteiger partial charge < -0.3 is 9.88 Å². The minimum absolute atomic E-state index is 0.106. The van der Waals surface area contributed by atoms with E-state index in [1.165, 1.54) is 24.4 Å². The van der Waals surface area contributed by atoms with Crippen LogP contribution >= 0.6 is 0 Å². The van der Waals surface area contributed by atoms with Crippen LogP contribution in [0, 0.1) is 5.82 Å². The molecule has 4 rings (SSSR count). The van der Waals surface area contributed by atoms with Crippen LogP contribution < -0.4 is 4.72 Å². The van der Waals surface area contributed by atoms with E-state index in [1.54, 1.807) is 11.0 Å². The van der Waals surface area contributed by atoms with Crippen molar-refractivity contribution in [2.24, 2.45) is 0 Å². The van der Waals surface area contributed by atoms with Gasteiger partial charge in [0.1, 0.15) is 5.82 Å². The number of sulfonamides is 1. The lowest BCUT2D eigenvalue weighted by Crippen LogP contribution is -2.49. The Bertz CT molecular complexity index is 1150. The summed E-state index contributed by atoms with van der Waals surface area (Å²) in [5.74, 6) is -0.154. The van der Waals surface area contributed by atoms with Gasteiger partial charge in [-0.3, -0.25) is 9.62 Å². The molecule has 1 fully saturated rings. The van der Waals surface area contributed by atoms with Crippen LogP contribution in [0.4, 0.5) is 15.0 Å². The first-order valence-electron chi connectivity index (χ1n) is 9.09. The second-order valence-corrected chi connectivity index (χ2v) is 8.84. The number of hydrogen-bond donors (Lipinski definition) is 2. The minimum atomic E-state index is -3.44. The van der Waals surface area contributed by atoms with E-state index in [2.05, 4.69) is 19.7 Å². The number of fused-ring (bicyclic) bond motifs is 1. The van der Waals surface area contributed by atoms with Gasteiger partial charge in [0.15, 0.2) is 5.82 Å². The SMILES string of the molecule is CS(=O)(=O)Nc1ccn(C(=O)N2CCN(Cc3cc4cc(F)ccc4[nH]3)CC2)n1. The molecule has 1 saturated heterocycles. The number of aromatic amines is 1. The van der Waals surface area contributed by atoms with Crippen LogP contribution in [0.15, 0.2) is 36.5 Å². The molecule has 11 heteroatoms. The van der Waals surface area contributed by atoms with Crippen LogP contribution in [0.2, 0.25) is 0 Å². The molecule has 2 N–H and O–H groups in total. The minimum Gasteiger partial charge on any atom is -0.357 e. The molecule has 0 spiro atoms. The lowest BCUT2D eigenvalue weighted by molar-refractivity contribution is 0.134. The molecule has 0 bridgehead atoms. The predicted molar refractivity (Wildman–Crippen MR) is 107 cm³/mol. The molecule has 9 nitrogen and oxygen atoms in total. The number of nitrogens with zero attached hydrogens (tertiary/aromatic N) is 4. The first-order valence-corrected chi connectivity index (χ1v) is 11.0.